The SMILES string of the molecule is CN(C)c1cc(C(F)(F)F)c2nc(C(=O)N3CCN(C4(O)CCCCC4(O)O)C(=O)C3)n(C)c2c1. The molecule has 2 amide bonds. The van der Waals surface area contributed by atoms with Crippen LogP contribution in [0.4, 0.5) is 18.9 Å². The number of imidazole rings is 1. The zero-order valence-corrected chi connectivity index (χ0v) is 19.6. The molecule has 1 aliphatic heterocycles. The molecular weight excluding hydrogens is 471 g/mol. The number of carbonyl (C=O) groups is 2. The summed E-state index contributed by atoms with van der Waals surface area (Å²) in [5.41, 5.74) is -3.14. The third kappa shape index (κ3) is 4.10. The van der Waals surface area contributed by atoms with Crippen LogP contribution in [0.15, 0.2) is 12.1 Å². The van der Waals surface area contributed by atoms with E-state index >= 15 is 0 Å². The Labute approximate surface area is 199 Å². The fourth-order valence-electron chi connectivity index (χ4n) is 4.81. The molecule has 1 unspecified atom stereocenters. The molecule has 192 valence electrons. The Kier molecular flexibility index (Phi) is 6.01. The van der Waals surface area contributed by atoms with E-state index < -0.39 is 41.6 Å². The molecule has 35 heavy (non-hydrogen) atoms. The molecule has 2 aromatic rings. The molecule has 1 aromatic heterocycles. The molecule has 13 heteroatoms. The first-order valence-corrected chi connectivity index (χ1v) is 11.2. The second-order valence-corrected chi connectivity index (χ2v) is 9.36. The highest BCUT2D eigenvalue weighted by Gasteiger charge is 2.56. The smallest absolute Gasteiger partial charge is 0.378 e. The van der Waals surface area contributed by atoms with E-state index in [1.54, 1.807) is 14.1 Å². The molecule has 2 aliphatic rings. The fraction of sp³-hybridized carbons (Fsp3) is 0.591. The molecule has 1 saturated carbocycles. The number of aliphatic hydroxyl groups is 3. The van der Waals surface area contributed by atoms with Gasteiger partial charge in [0.25, 0.3) is 5.91 Å². The Morgan fingerprint density at radius 1 is 1.11 bits per heavy atom. The lowest BCUT2D eigenvalue weighted by Gasteiger charge is -2.51. The molecule has 2 fully saturated rings. The number of halogens is 3. The number of anilines is 1. The minimum atomic E-state index is -4.70. The third-order valence-electron chi connectivity index (χ3n) is 6.88. The number of hydrogen-bond donors (Lipinski definition) is 3. The summed E-state index contributed by atoms with van der Waals surface area (Å²) >= 11 is 0. The van der Waals surface area contributed by atoms with Crippen LogP contribution >= 0.6 is 0 Å². The van der Waals surface area contributed by atoms with Crippen molar-refractivity contribution in [2.24, 2.45) is 7.05 Å². The van der Waals surface area contributed by atoms with Gasteiger partial charge in [0.2, 0.25) is 11.7 Å². The lowest BCUT2D eigenvalue weighted by Crippen LogP contribution is -2.71. The molecule has 0 spiro atoms. The Balaban J connectivity index is 1.64. The van der Waals surface area contributed by atoms with Crippen molar-refractivity contribution in [2.75, 3.05) is 38.6 Å². The average molecular weight is 499 g/mol. The molecule has 4 rings (SSSR count). The van der Waals surface area contributed by atoms with Crippen molar-refractivity contribution >= 4 is 28.5 Å². The Morgan fingerprint density at radius 3 is 2.34 bits per heavy atom. The van der Waals surface area contributed by atoms with Gasteiger partial charge in [-0.05, 0) is 25.0 Å². The number of nitrogens with zero attached hydrogens (tertiary/aromatic N) is 5. The van der Waals surface area contributed by atoms with Gasteiger partial charge in [-0.2, -0.15) is 13.2 Å². The van der Waals surface area contributed by atoms with Crippen LogP contribution in [0.2, 0.25) is 0 Å². The fourth-order valence-corrected chi connectivity index (χ4v) is 4.81. The van der Waals surface area contributed by atoms with Crippen LogP contribution < -0.4 is 4.90 Å². The number of alkyl halides is 3. The van der Waals surface area contributed by atoms with Crippen LogP contribution in [-0.4, -0.2) is 91.7 Å². The van der Waals surface area contributed by atoms with E-state index in [1.165, 1.54) is 22.6 Å². The topological polar surface area (TPSA) is 122 Å². The Bertz CT molecular complexity index is 1180. The quantitative estimate of drug-likeness (QED) is 0.536. The van der Waals surface area contributed by atoms with Gasteiger partial charge in [-0.3, -0.25) is 9.59 Å². The maximum absolute atomic E-state index is 13.8. The highest BCUT2D eigenvalue weighted by atomic mass is 19.4. The van der Waals surface area contributed by atoms with Gasteiger partial charge in [-0.1, -0.05) is 0 Å². The van der Waals surface area contributed by atoms with Crippen molar-refractivity contribution in [3.63, 3.8) is 0 Å². The number of hydrogen-bond acceptors (Lipinski definition) is 7. The van der Waals surface area contributed by atoms with Crippen LogP contribution in [0.1, 0.15) is 41.9 Å². The first-order chi connectivity index (χ1) is 16.2. The Morgan fingerprint density at radius 2 is 1.77 bits per heavy atom. The molecule has 0 radical (unpaired) electrons. The summed E-state index contributed by atoms with van der Waals surface area (Å²) in [7, 11) is 4.63. The molecule has 1 aliphatic carbocycles. The summed E-state index contributed by atoms with van der Waals surface area (Å²) in [6.07, 6.45) is -3.87. The second-order valence-electron chi connectivity index (χ2n) is 9.36. The highest BCUT2D eigenvalue weighted by Crippen LogP contribution is 2.40. The first kappa shape index (κ1) is 25.2. The molecule has 10 nitrogen and oxygen atoms in total. The minimum Gasteiger partial charge on any atom is -0.378 e. The summed E-state index contributed by atoms with van der Waals surface area (Å²) in [5.74, 6) is -4.20. The summed E-state index contributed by atoms with van der Waals surface area (Å²) in [5, 5.41) is 31.5. The van der Waals surface area contributed by atoms with Crippen molar-refractivity contribution in [1.82, 2.24) is 19.4 Å². The number of aryl methyl sites for hydroxylation is 1. The molecular formula is C22H28F3N5O5. The van der Waals surface area contributed by atoms with Gasteiger partial charge in [0, 0.05) is 52.8 Å². The van der Waals surface area contributed by atoms with Gasteiger partial charge in [0.15, 0.2) is 11.5 Å². The van der Waals surface area contributed by atoms with Crippen molar-refractivity contribution in [3.05, 3.63) is 23.5 Å². The van der Waals surface area contributed by atoms with Crippen molar-refractivity contribution in [2.45, 2.75) is 43.4 Å². The zero-order chi connectivity index (χ0) is 25.9. The number of aromatic nitrogens is 2. The predicted octanol–water partition coefficient (Wildman–Crippen LogP) is 0.886. The number of rotatable bonds is 3. The molecule has 2 heterocycles. The summed E-state index contributed by atoms with van der Waals surface area (Å²) < 4.78 is 42.5. The zero-order valence-electron chi connectivity index (χ0n) is 19.6. The summed E-state index contributed by atoms with van der Waals surface area (Å²) in [6, 6.07) is 2.46. The maximum atomic E-state index is 13.8. The maximum Gasteiger partial charge on any atom is 0.418 e. The number of carbonyl (C=O) groups excluding carboxylic acids is 2. The standard InChI is InChI=1S/C22H28F3N5O5/c1-27(2)13-10-14(22(23,24)25)17-15(11-13)28(3)18(26-17)19(32)29-8-9-30(16(31)12-29)20(33)6-4-5-7-21(20,34)35/h10-11,33-35H,4-9,12H2,1-3H3. The van der Waals surface area contributed by atoms with Crippen molar-refractivity contribution in [1.29, 1.82) is 0 Å². The van der Waals surface area contributed by atoms with Crippen molar-refractivity contribution < 1.29 is 38.1 Å². The van der Waals surface area contributed by atoms with Gasteiger partial charge in [-0.25, -0.2) is 4.98 Å². The highest BCUT2D eigenvalue weighted by molar-refractivity contribution is 5.98. The summed E-state index contributed by atoms with van der Waals surface area (Å²) in [4.78, 5) is 33.7. The van der Waals surface area contributed by atoms with Crippen molar-refractivity contribution in [3.8, 4) is 0 Å². The first-order valence-electron chi connectivity index (χ1n) is 11.2. The third-order valence-corrected chi connectivity index (χ3v) is 6.88. The molecule has 1 aromatic carbocycles. The van der Waals surface area contributed by atoms with E-state index in [1.807, 2.05) is 0 Å². The van der Waals surface area contributed by atoms with Gasteiger partial charge in [0.1, 0.15) is 12.1 Å². The molecule has 1 saturated heterocycles. The van der Waals surface area contributed by atoms with E-state index in [2.05, 4.69) is 4.98 Å². The van der Waals surface area contributed by atoms with E-state index in [0.717, 1.165) is 15.9 Å². The molecule has 3 N–H and O–H groups in total. The van der Waals surface area contributed by atoms with E-state index in [4.69, 9.17) is 0 Å². The van der Waals surface area contributed by atoms with Gasteiger partial charge in [0.05, 0.1) is 11.1 Å². The average Bonchev–Trinajstić information content (AvgIpc) is 3.10. The second kappa shape index (κ2) is 8.35. The molecule has 1 atom stereocenters. The predicted molar refractivity (Wildman–Crippen MR) is 118 cm³/mol. The van der Waals surface area contributed by atoms with Crippen LogP contribution in [-0.2, 0) is 18.0 Å². The van der Waals surface area contributed by atoms with E-state index in [-0.39, 0.29) is 48.5 Å². The monoisotopic (exact) mass is 499 g/mol. The van der Waals surface area contributed by atoms with Crippen LogP contribution in [0.3, 0.4) is 0 Å². The van der Waals surface area contributed by atoms with Crippen LogP contribution in [0.25, 0.3) is 11.0 Å². The largest absolute Gasteiger partial charge is 0.418 e. The number of amides is 2. The number of fused-ring (bicyclic) bond motifs is 1. The minimum absolute atomic E-state index is 0.0289. The van der Waals surface area contributed by atoms with E-state index in [0.29, 0.717) is 12.8 Å². The Hall–Kier alpha value is -2.90. The molecule has 0 bridgehead atoms. The number of benzene rings is 1. The summed E-state index contributed by atoms with van der Waals surface area (Å²) in [6.45, 7) is -0.733. The lowest BCUT2D eigenvalue weighted by atomic mass is 9.84. The normalized spacial score (nSPS) is 23.2. The van der Waals surface area contributed by atoms with E-state index in [9.17, 15) is 38.1 Å². The lowest BCUT2D eigenvalue weighted by molar-refractivity contribution is -0.335. The van der Waals surface area contributed by atoms with Gasteiger partial charge < -0.3 is 34.6 Å². The number of piperazine rings is 1. The van der Waals surface area contributed by atoms with Crippen LogP contribution in [0.5, 0.6) is 0 Å². The van der Waals surface area contributed by atoms with Gasteiger partial charge in [-0.15, -0.1) is 0 Å². The van der Waals surface area contributed by atoms with Gasteiger partial charge >= 0.3 is 6.18 Å². The van der Waals surface area contributed by atoms with Crippen LogP contribution in [0, 0.1) is 0 Å².